The summed E-state index contributed by atoms with van der Waals surface area (Å²) < 4.78 is 33.8. The van der Waals surface area contributed by atoms with Crippen LogP contribution in [0.4, 0.5) is 0 Å². The second-order valence-electron chi connectivity index (χ2n) is 6.40. The van der Waals surface area contributed by atoms with Crippen molar-refractivity contribution in [2.75, 3.05) is 25.6 Å². The van der Waals surface area contributed by atoms with Crippen molar-refractivity contribution in [3.8, 4) is 0 Å². The average Bonchev–Trinajstić information content (AvgIpc) is 2.61. The Morgan fingerprint density at radius 3 is 2.21 bits per heavy atom. The maximum Gasteiger partial charge on any atom is 0.233 e. The molecule has 1 saturated carbocycles. The molecule has 19 heavy (non-hydrogen) atoms. The minimum absolute atomic E-state index is 0.0156. The van der Waals surface area contributed by atoms with E-state index in [1.54, 1.807) is 0 Å². The van der Waals surface area contributed by atoms with E-state index in [0.717, 1.165) is 25.7 Å². The van der Waals surface area contributed by atoms with Crippen LogP contribution in [0.25, 0.3) is 0 Å². The van der Waals surface area contributed by atoms with E-state index in [1.807, 2.05) is 20.8 Å². The lowest BCUT2D eigenvalue weighted by Gasteiger charge is -2.27. The monoisotopic (exact) mass is 312 g/mol. The number of rotatable bonds is 7. The molecule has 0 N–H and O–H groups in total. The van der Waals surface area contributed by atoms with E-state index < -0.39 is 9.05 Å². The van der Waals surface area contributed by atoms with Crippen LogP contribution in [0.5, 0.6) is 0 Å². The minimum atomic E-state index is -3.47. The van der Waals surface area contributed by atoms with Gasteiger partial charge in [0.25, 0.3) is 0 Å². The topological polar surface area (TPSA) is 52.6 Å². The molecule has 0 saturated heterocycles. The van der Waals surface area contributed by atoms with Crippen LogP contribution in [-0.2, 0) is 18.5 Å². The Labute approximate surface area is 121 Å². The van der Waals surface area contributed by atoms with Crippen LogP contribution < -0.4 is 0 Å². The third-order valence-electron chi connectivity index (χ3n) is 3.31. The summed E-state index contributed by atoms with van der Waals surface area (Å²) in [7, 11) is 1.92. The zero-order valence-electron chi connectivity index (χ0n) is 12.1. The van der Waals surface area contributed by atoms with E-state index in [1.165, 1.54) is 0 Å². The molecular weight excluding hydrogens is 288 g/mol. The fourth-order valence-corrected chi connectivity index (χ4v) is 4.31. The Morgan fingerprint density at radius 1 is 1.16 bits per heavy atom. The molecule has 0 spiro atoms. The van der Waals surface area contributed by atoms with Gasteiger partial charge in [-0.25, -0.2) is 8.42 Å². The van der Waals surface area contributed by atoms with Gasteiger partial charge in [0.2, 0.25) is 9.05 Å². The number of halogens is 1. The fraction of sp³-hybridized carbons (Fsp3) is 1.00. The van der Waals surface area contributed by atoms with Crippen LogP contribution in [-0.4, -0.2) is 39.6 Å². The first-order valence-electron chi connectivity index (χ1n) is 6.76. The summed E-state index contributed by atoms with van der Waals surface area (Å²) in [6, 6.07) is 0. The van der Waals surface area contributed by atoms with Gasteiger partial charge in [-0.2, -0.15) is 0 Å². The predicted molar refractivity (Wildman–Crippen MR) is 77.1 cm³/mol. The molecule has 0 aromatic heterocycles. The molecule has 1 aliphatic carbocycles. The lowest BCUT2D eigenvalue weighted by Crippen LogP contribution is -2.31. The van der Waals surface area contributed by atoms with Gasteiger partial charge in [-0.15, -0.1) is 0 Å². The summed E-state index contributed by atoms with van der Waals surface area (Å²) in [6.45, 7) is 7.43. The van der Waals surface area contributed by atoms with E-state index in [0.29, 0.717) is 19.8 Å². The standard InChI is InChI=1S/C13H25ClO4S/c1-12(2,3)18-9-8-17-10-13(6-4-5-7-13)11-19(14,15)16/h4-11H2,1-3H3. The highest BCUT2D eigenvalue weighted by Crippen LogP contribution is 2.40. The summed E-state index contributed by atoms with van der Waals surface area (Å²) in [5.74, 6) is 0.0156. The Balaban J connectivity index is 2.35. The molecular formula is C13H25ClO4S. The van der Waals surface area contributed by atoms with E-state index in [2.05, 4.69) is 0 Å². The molecule has 0 amide bonds. The first-order valence-corrected chi connectivity index (χ1v) is 9.24. The lowest BCUT2D eigenvalue weighted by atomic mass is 9.90. The van der Waals surface area contributed by atoms with Crippen LogP contribution >= 0.6 is 10.7 Å². The van der Waals surface area contributed by atoms with Crippen LogP contribution in [0.15, 0.2) is 0 Å². The lowest BCUT2D eigenvalue weighted by molar-refractivity contribution is -0.0460. The number of hydrogen-bond donors (Lipinski definition) is 0. The van der Waals surface area contributed by atoms with Gasteiger partial charge in [0.1, 0.15) is 0 Å². The quantitative estimate of drug-likeness (QED) is 0.536. The molecule has 4 nitrogen and oxygen atoms in total. The Hall–Kier alpha value is 0.160. The van der Waals surface area contributed by atoms with E-state index in [4.69, 9.17) is 20.2 Å². The second-order valence-corrected chi connectivity index (χ2v) is 9.18. The van der Waals surface area contributed by atoms with Crippen molar-refractivity contribution in [3.05, 3.63) is 0 Å². The van der Waals surface area contributed by atoms with Crippen molar-refractivity contribution >= 4 is 19.7 Å². The maximum absolute atomic E-state index is 11.3. The van der Waals surface area contributed by atoms with Gasteiger partial charge in [-0.05, 0) is 33.6 Å². The SMILES string of the molecule is CC(C)(C)OCCOCC1(CS(=O)(=O)Cl)CCCC1. The minimum Gasteiger partial charge on any atom is -0.378 e. The largest absolute Gasteiger partial charge is 0.378 e. The van der Waals surface area contributed by atoms with E-state index >= 15 is 0 Å². The molecule has 114 valence electrons. The summed E-state index contributed by atoms with van der Waals surface area (Å²) >= 11 is 0. The van der Waals surface area contributed by atoms with Gasteiger partial charge in [0.15, 0.2) is 0 Å². The molecule has 1 aliphatic rings. The normalized spacial score (nSPS) is 19.8. The van der Waals surface area contributed by atoms with Crippen LogP contribution in [0, 0.1) is 5.41 Å². The Morgan fingerprint density at radius 2 is 1.74 bits per heavy atom. The molecule has 0 aromatic carbocycles. The predicted octanol–water partition coefficient (Wildman–Crippen LogP) is 2.95. The second kappa shape index (κ2) is 6.74. The first-order chi connectivity index (χ1) is 8.62. The van der Waals surface area contributed by atoms with E-state index in [-0.39, 0.29) is 16.8 Å². The van der Waals surface area contributed by atoms with Crippen molar-refractivity contribution in [3.63, 3.8) is 0 Å². The fourth-order valence-electron chi connectivity index (χ4n) is 2.52. The zero-order chi connectivity index (χ0) is 14.6. The van der Waals surface area contributed by atoms with Crippen LogP contribution in [0.2, 0.25) is 0 Å². The maximum atomic E-state index is 11.3. The van der Waals surface area contributed by atoms with Crippen molar-refractivity contribution < 1.29 is 17.9 Å². The van der Waals surface area contributed by atoms with Crippen molar-refractivity contribution in [1.29, 1.82) is 0 Å². The third kappa shape index (κ3) is 7.49. The molecule has 0 radical (unpaired) electrons. The summed E-state index contributed by atoms with van der Waals surface area (Å²) in [6.07, 6.45) is 3.85. The van der Waals surface area contributed by atoms with E-state index in [9.17, 15) is 8.42 Å². The first kappa shape index (κ1) is 17.2. The zero-order valence-corrected chi connectivity index (χ0v) is 13.6. The number of hydrogen-bond acceptors (Lipinski definition) is 4. The average molecular weight is 313 g/mol. The summed E-state index contributed by atoms with van der Waals surface area (Å²) in [5.41, 5.74) is -0.462. The molecule has 0 atom stereocenters. The van der Waals surface area contributed by atoms with Crippen LogP contribution in [0.3, 0.4) is 0 Å². The summed E-state index contributed by atoms with van der Waals surface area (Å²) in [5, 5.41) is 0. The van der Waals surface area contributed by atoms with Gasteiger partial charge >= 0.3 is 0 Å². The molecule has 1 fully saturated rings. The molecule has 0 aliphatic heterocycles. The molecule has 0 aromatic rings. The van der Waals surface area contributed by atoms with Crippen molar-refractivity contribution in [2.24, 2.45) is 5.41 Å². The van der Waals surface area contributed by atoms with Crippen molar-refractivity contribution in [2.45, 2.75) is 52.1 Å². The van der Waals surface area contributed by atoms with Crippen LogP contribution in [0.1, 0.15) is 46.5 Å². The molecule has 0 bridgehead atoms. The highest BCUT2D eigenvalue weighted by atomic mass is 35.7. The molecule has 6 heteroatoms. The van der Waals surface area contributed by atoms with Gasteiger partial charge in [0.05, 0.1) is 31.2 Å². The third-order valence-corrected chi connectivity index (χ3v) is 4.60. The number of ether oxygens (including phenoxy) is 2. The molecule has 1 rings (SSSR count). The Bertz CT molecular complexity index is 367. The smallest absolute Gasteiger partial charge is 0.233 e. The van der Waals surface area contributed by atoms with Gasteiger partial charge in [0, 0.05) is 16.1 Å². The summed E-state index contributed by atoms with van der Waals surface area (Å²) in [4.78, 5) is 0. The highest BCUT2D eigenvalue weighted by molar-refractivity contribution is 8.13. The highest BCUT2D eigenvalue weighted by Gasteiger charge is 2.38. The Kier molecular flexibility index (Phi) is 6.11. The molecule has 0 heterocycles. The van der Waals surface area contributed by atoms with Crippen molar-refractivity contribution in [1.82, 2.24) is 0 Å². The van der Waals surface area contributed by atoms with Gasteiger partial charge < -0.3 is 9.47 Å². The molecule has 0 unspecified atom stereocenters. The van der Waals surface area contributed by atoms with Gasteiger partial charge in [-0.1, -0.05) is 12.8 Å². The van der Waals surface area contributed by atoms with Gasteiger partial charge in [-0.3, -0.25) is 0 Å².